The zero-order valence-electron chi connectivity index (χ0n) is 44.6. The quantitative estimate of drug-likeness (QED) is 0.115. The van der Waals surface area contributed by atoms with Gasteiger partial charge in [-0.15, -0.1) is 0 Å². The van der Waals surface area contributed by atoms with E-state index in [0.717, 1.165) is 124 Å². The summed E-state index contributed by atoms with van der Waals surface area (Å²) < 4.78 is 9.91. The van der Waals surface area contributed by atoms with E-state index < -0.39 is 24.3 Å². The first-order valence-corrected chi connectivity index (χ1v) is 30.7. The summed E-state index contributed by atoms with van der Waals surface area (Å²) in [6.45, 7) is 2.42. The van der Waals surface area contributed by atoms with Gasteiger partial charge < -0.3 is 39.9 Å². The Hall–Kier alpha value is -5.22. The van der Waals surface area contributed by atoms with E-state index in [0.29, 0.717) is 42.4 Å². The van der Waals surface area contributed by atoms with Gasteiger partial charge in [-0.05, 0) is 165 Å². The minimum Gasteiger partial charge on any atom is -0.453 e. The Labute approximate surface area is 451 Å². The van der Waals surface area contributed by atoms with Crippen LogP contribution in [0.1, 0.15) is 151 Å². The predicted molar refractivity (Wildman–Crippen MR) is 299 cm³/mol. The molecule has 4 fully saturated rings. The van der Waals surface area contributed by atoms with Crippen LogP contribution in [0.5, 0.6) is 0 Å². The average Bonchev–Trinajstić information content (AvgIpc) is 4.27. The second-order valence-corrected chi connectivity index (χ2v) is 24.3. The zero-order valence-corrected chi connectivity index (χ0v) is 46.2. The van der Waals surface area contributed by atoms with Crippen LogP contribution in [0.2, 0.25) is 0 Å². The first-order chi connectivity index (χ1) is 36.5. The Morgan fingerprint density at radius 3 is 1.85 bits per heavy atom. The molecule has 0 spiro atoms. The molecule has 4 unspecified atom stereocenters. The van der Waals surface area contributed by atoms with Gasteiger partial charge in [-0.1, -0.05) is 86.7 Å². The molecule has 10 aliphatic rings. The van der Waals surface area contributed by atoms with E-state index in [1.165, 1.54) is 54.9 Å². The van der Waals surface area contributed by atoms with Crippen molar-refractivity contribution in [3.05, 3.63) is 95.0 Å². The predicted octanol–water partition coefficient (Wildman–Crippen LogP) is 11.6. The third kappa shape index (κ3) is 11.4. The van der Waals surface area contributed by atoms with E-state index in [9.17, 15) is 19.2 Å². The van der Waals surface area contributed by atoms with E-state index in [1.807, 2.05) is 24.9 Å². The molecule has 4 bridgehead atoms. The minimum atomic E-state index is -0.654. The largest absolute Gasteiger partial charge is 0.453 e. The Bertz CT molecular complexity index is 2670. The van der Waals surface area contributed by atoms with Crippen LogP contribution in [-0.4, -0.2) is 116 Å². The molecule has 0 radical (unpaired) electrons. The summed E-state index contributed by atoms with van der Waals surface area (Å²) in [5, 5.41) is 5.73. The van der Waals surface area contributed by atoms with Crippen molar-refractivity contribution in [3.8, 4) is 11.3 Å². The van der Waals surface area contributed by atoms with Crippen molar-refractivity contribution < 1.29 is 28.7 Å². The number of nitrogens with zero attached hydrogens (tertiary/aromatic N) is 4. The zero-order chi connectivity index (χ0) is 52.2. The van der Waals surface area contributed by atoms with Gasteiger partial charge in [-0.2, -0.15) is 23.5 Å². The number of allylic oxidation sites excluding steroid dienone is 8. The number of likely N-dealkylation sites (tertiary alicyclic amines) is 2. The van der Waals surface area contributed by atoms with E-state index in [2.05, 4.69) is 85.9 Å². The van der Waals surface area contributed by atoms with Crippen molar-refractivity contribution in [3.63, 3.8) is 0 Å². The van der Waals surface area contributed by atoms with Gasteiger partial charge in [0.2, 0.25) is 11.8 Å². The molecule has 8 aliphatic carbocycles. The van der Waals surface area contributed by atoms with Crippen LogP contribution < -0.4 is 10.6 Å². The summed E-state index contributed by atoms with van der Waals surface area (Å²) in [5.74, 6) is 5.07. The number of aromatic nitrogens is 4. The van der Waals surface area contributed by atoms with Crippen LogP contribution in [-0.2, 0) is 19.1 Å². The summed E-state index contributed by atoms with van der Waals surface area (Å²) in [4.78, 5) is 75.6. The number of amides is 4. The van der Waals surface area contributed by atoms with Crippen LogP contribution in [0.25, 0.3) is 22.4 Å². The van der Waals surface area contributed by atoms with Crippen molar-refractivity contribution in [1.82, 2.24) is 40.4 Å². The molecule has 3 aromatic rings. The van der Waals surface area contributed by atoms with Crippen LogP contribution >= 0.6 is 23.5 Å². The molecule has 4 amide bonds. The van der Waals surface area contributed by atoms with E-state index in [1.54, 1.807) is 23.5 Å². The number of methoxy groups -OCH3 is 2. The molecule has 75 heavy (non-hydrogen) atoms. The highest BCUT2D eigenvalue weighted by molar-refractivity contribution is 7.98. The molecule has 2 aromatic heterocycles. The molecule has 14 nitrogen and oxygen atoms in total. The number of hydrogen-bond acceptors (Lipinski definition) is 10. The molecule has 13 rings (SSSR count). The molecule has 11 atom stereocenters. The van der Waals surface area contributed by atoms with Gasteiger partial charge in [-0.25, -0.2) is 19.6 Å². The molecular weight excluding hydrogens is 981 g/mol. The summed E-state index contributed by atoms with van der Waals surface area (Å²) >= 11 is 3.33. The van der Waals surface area contributed by atoms with E-state index >= 15 is 0 Å². The SMILES string of the molecule is COC(=O)N[C@@H](CCSC)C(=O)N1C2CCCCC2C[C@H]1c1ncc(C2=CC3=CC[C@@H]2C[C@@H](C)[C@@H]2C=CC(=C(c4ccc(-c5cnc([C@@H]6CC7CCCCC7N6C(=O)[C@H](CCSC)NC(=O)OC)[nH]5)cc4)C2)CC3)[nH]1. The molecule has 4 heterocycles. The van der Waals surface area contributed by atoms with Gasteiger partial charge in [0.05, 0.1) is 50.1 Å². The lowest BCUT2D eigenvalue weighted by Gasteiger charge is -2.36. The molecule has 2 saturated carbocycles. The number of fused-ring (bicyclic) bond motifs is 2. The number of carbonyl (C=O) groups excluding carboxylic acids is 4. The van der Waals surface area contributed by atoms with E-state index in [4.69, 9.17) is 19.4 Å². The Kier molecular flexibility index (Phi) is 17.0. The number of aromatic amines is 2. The number of alkyl carbamates (subject to hydrolysis) is 2. The molecule has 402 valence electrons. The summed E-state index contributed by atoms with van der Waals surface area (Å²) in [5.41, 5.74) is 9.80. The number of carbonyl (C=O) groups is 4. The lowest BCUT2D eigenvalue weighted by Crippen LogP contribution is -2.52. The smallest absolute Gasteiger partial charge is 0.407 e. The molecule has 2 aliphatic heterocycles. The highest BCUT2D eigenvalue weighted by Gasteiger charge is 2.49. The standard InChI is InChI=1S/C59H78N8O6S2/c1-35-28-41-17-15-36(29-45(41)49-34-61-55(63-49)53-32-43-11-7-9-13-51(43)67(53)57(69)47(25-27-75-5)65-59(71)73-3)14-16-37-20-23-40(35)30-44(37)38-18-21-39(22-19-38)48-33-60-54(62-48)52-31-42-10-6-8-12-50(42)66(52)56(68)46(24-26-74-4)64-58(70)72-2/h15,18-23,29,33-35,40-43,46-47,50-53H,6-14,16-17,24-28,30-32H2,1-5H3,(H,60,62)(H,61,63)(H,64,70)(H,65,71)/t35-,40-,41-,42?,43?,46+,47+,50?,51?,52+,53+/m1/s1. The highest BCUT2D eigenvalue weighted by Crippen LogP contribution is 2.49. The van der Waals surface area contributed by atoms with Crippen molar-refractivity contribution in [1.29, 1.82) is 0 Å². The number of ether oxygens (including phenoxy) is 2. The van der Waals surface area contributed by atoms with Crippen LogP contribution in [0.15, 0.2) is 72.1 Å². The maximum Gasteiger partial charge on any atom is 0.407 e. The van der Waals surface area contributed by atoms with Gasteiger partial charge in [-0.3, -0.25) is 9.59 Å². The number of nitrogens with one attached hydrogen (secondary N) is 4. The maximum absolute atomic E-state index is 14.6. The van der Waals surface area contributed by atoms with Gasteiger partial charge in [0, 0.05) is 12.1 Å². The monoisotopic (exact) mass is 1060 g/mol. The first-order valence-electron chi connectivity index (χ1n) is 27.9. The second-order valence-electron chi connectivity index (χ2n) is 22.4. The molecular formula is C59H78N8O6S2. The fourth-order valence-corrected chi connectivity index (χ4v) is 15.0. The maximum atomic E-state index is 14.6. The number of thioether (sulfide) groups is 2. The summed E-state index contributed by atoms with van der Waals surface area (Å²) in [7, 11) is 2.69. The minimum absolute atomic E-state index is 0.0301. The molecule has 16 heteroatoms. The van der Waals surface area contributed by atoms with Gasteiger partial charge >= 0.3 is 12.2 Å². The first kappa shape index (κ1) is 53.2. The highest BCUT2D eigenvalue weighted by atomic mass is 32.2. The van der Waals surface area contributed by atoms with Gasteiger partial charge in [0.1, 0.15) is 23.7 Å². The van der Waals surface area contributed by atoms with Gasteiger partial charge in [0.15, 0.2) is 0 Å². The number of imidazole rings is 2. The lowest BCUT2D eigenvalue weighted by molar-refractivity contribution is -0.138. The molecule has 1 aromatic carbocycles. The third-order valence-corrected chi connectivity index (χ3v) is 19.3. The molecule has 4 N–H and O–H groups in total. The Balaban J connectivity index is 0.862. The average molecular weight is 1060 g/mol. The number of benzene rings is 1. The fourth-order valence-electron chi connectivity index (χ4n) is 14.0. The van der Waals surface area contributed by atoms with E-state index in [-0.39, 0.29) is 36.0 Å². The normalized spacial score (nSPS) is 28.1. The van der Waals surface area contributed by atoms with Crippen LogP contribution in [0.4, 0.5) is 9.59 Å². The number of H-pyrrole nitrogens is 2. The molecule has 2 saturated heterocycles. The Morgan fingerprint density at radius 1 is 0.733 bits per heavy atom. The lowest BCUT2D eigenvalue weighted by atomic mass is 9.72. The van der Waals surface area contributed by atoms with Crippen molar-refractivity contribution in [2.75, 3.05) is 38.2 Å². The number of rotatable bonds is 15. The number of hydrogen-bond donors (Lipinski definition) is 4. The van der Waals surface area contributed by atoms with Crippen LogP contribution in [0, 0.1) is 29.6 Å². The van der Waals surface area contributed by atoms with Crippen molar-refractivity contribution >= 4 is 58.7 Å². The second kappa shape index (κ2) is 24.0. The fraction of sp³-hybridized carbons (Fsp3) is 0.593. The summed E-state index contributed by atoms with van der Waals surface area (Å²) in [6, 6.07) is 7.58. The Morgan fingerprint density at radius 2 is 1.28 bits per heavy atom. The van der Waals surface area contributed by atoms with Gasteiger partial charge in [0.25, 0.3) is 0 Å². The third-order valence-electron chi connectivity index (χ3n) is 18.0. The van der Waals surface area contributed by atoms with Crippen molar-refractivity contribution in [2.45, 2.75) is 152 Å². The summed E-state index contributed by atoms with van der Waals surface area (Å²) in [6.07, 6.45) is 33.0. The topological polar surface area (TPSA) is 175 Å². The van der Waals surface area contributed by atoms with Crippen molar-refractivity contribution in [2.24, 2.45) is 29.6 Å². The van der Waals surface area contributed by atoms with Crippen LogP contribution in [0.3, 0.4) is 0 Å².